The van der Waals surface area contributed by atoms with Crippen LogP contribution in [0.4, 0.5) is 5.69 Å². The summed E-state index contributed by atoms with van der Waals surface area (Å²) in [6.45, 7) is 2.93. The molecule has 0 bridgehead atoms. The molecule has 0 atom stereocenters. The number of pyridine rings is 1. The molecule has 0 saturated heterocycles. The zero-order valence-electron chi connectivity index (χ0n) is 10.1. The van der Waals surface area contributed by atoms with Crippen molar-refractivity contribution in [3.8, 4) is 5.75 Å². The Morgan fingerprint density at radius 1 is 1.24 bits per heavy atom. The molecule has 0 unspecified atom stereocenters. The van der Waals surface area contributed by atoms with Crippen LogP contribution in [0.25, 0.3) is 10.9 Å². The van der Waals surface area contributed by atoms with Crippen molar-refractivity contribution in [3.05, 3.63) is 30.5 Å². The summed E-state index contributed by atoms with van der Waals surface area (Å²) in [5.41, 5.74) is 7.40. The number of anilines is 1. The number of nitrogen functional groups attached to an aromatic ring is 1. The Morgan fingerprint density at radius 3 is 2.94 bits per heavy atom. The average molecular weight is 230 g/mol. The molecule has 1 aromatic carbocycles. The molecule has 17 heavy (non-hydrogen) atoms. The van der Waals surface area contributed by atoms with E-state index in [1.807, 2.05) is 24.3 Å². The number of nitrogens with zero attached hydrogens (tertiary/aromatic N) is 1. The second-order valence-electron chi connectivity index (χ2n) is 4.11. The Labute approximate surface area is 102 Å². The van der Waals surface area contributed by atoms with Gasteiger partial charge in [0.15, 0.2) is 0 Å². The first-order chi connectivity index (χ1) is 8.33. The standard InChI is InChI=1S/C14H18N2O/c1-2-3-4-10-17-13-8-7-12(15)14-11(13)6-5-9-16-14/h5-9H,2-4,10,15H2,1H3. The summed E-state index contributed by atoms with van der Waals surface area (Å²) < 4.78 is 5.78. The maximum Gasteiger partial charge on any atom is 0.128 e. The van der Waals surface area contributed by atoms with Crippen LogP contribution in [-0.2, 0) is 0 Å². The molecule has 1 aromatic heterocycles. The number of hydrogen-bond donors (Lipinski definition) is 1. The van der Waals surface area contributed by atoms with E-state index in [0.717, 1.165) is 29.7 Å². The largest absolute Gasteiger partial charge is 0.493 e. The number of fused-ring (bicyclic) bond motifs is 1. The number of unbranched alkanes of at least 4 members (excludes halogenated alkanes) is 2. The van der Waals surface area contributed by atoms with Gasteiger partial charge in [0.2, 0.25) is 0 Å². The Kier molecular flexibility index (Phi) is 3.81. The van der Waals surface area contributed by atoms with Gasteiger partial charge in [-0.3, -0.25) is 4.98 Å². The van der Waals surface area contributed by atoms with Crippen LogP contribution >= 0.6 is 0 Å². The molecule has 0 fully saturated rings. The molecule has 0 radical (unpaired) electrons. The molecule has 3 nitrogen and oxygen atoms in total. The first-order valence-electron chi connectivity index (χ1n) is 6.09. The summed E-state index contributed by atoms with van der Waals surface area (Å²) in [4.78, 5) is 4.28. The normalized spacial score (nSPS) is 10.6. The molecule has 1 heterocycles. The van der Waals surface area contributed by atoms with Crippen LogP contribution in [0.2, 0.25) is 0 Å². The summed E-state index contributed by atoms with van der Waals surface area (Å²) >= 11 is 0. The first kappa shape index (κ1) is 11.7. The highest BCUT2D eigenvalue weighted by Crippen LogP contribution is 2.28. The van der Waals surface area contributed by atoms with Crippen molar-refractivity contribution in [2.75, 3.05) is 12.3 Å². The third-order valence-corrected chi connectivity index (χ3v) is 2.77. The van der Waals surface area contributed by atoms with E-state index >= 15 is 0 Å². The van der Waals surface area contributed by atoms with Crippen molar-refractivity contribution >= 4 is 16.6 Å². The van der Waals surface area contributed by atoms with E-state index in [4.69, 9.17) is 10.5 Å². The smallest absolute Gasteiger partial charge is 0.128 e. The molecule has 0 amide bonds. The van der Waals surface area contributed by atoms with E-state index in [9.17, 15) is 0 Å². The quantitative estimate of drug-likeness (QED) is 0.632. The van der Waals surface area contributed by atoms with Gasteiger partial charge < -0.3 is 10.5 Å². The minimum atomic E-state index is 0.696. The lowest BCUT2D eigenvalue weighted by atomic mass is 10.1. The minimum Gasteiger partial charge on any atom is -0.493 e. The summed E-state index contributed by atoms with van der Waals surface area (Å²) in [5.74, 6) is 0.874. The van der Waals surface area contributed by atoms with Crippen molar-refractivity contribution in [3.63, 3.8) is 0 Å². The molecule has 0 aliphatic rings. The Balaban J connectivity index is 2.20. The molecule has 0 aliphatic heterocycles. The molecule has 3 heteroatoms. The van der Waals surface area contributed by atoms with Gasteiger partial charge in [0.1, 0.15) is 5.75 Å². The fourth-order valence-electron chi connectivity index (χ4n) is 1.83. The van der Waals surface area contributed by atoms with Gasteiger partial charge in [-0.25, -0.2) is 0 Å². The molecular formula is C14H18N2O. The van der Waals surface area contributed by atoms with Gasteiger partial charge in [0.25, 0.3) is 0 Å². The lowest BCUT2D eigenvalue weighted by molar-refractivity contribution is 0.310. The van der Waals surface area contributed by atoms with Crippen molar-refractivity contribution < 1.29 is 4.74 Å². The highest BCUT2D eigenvalue weighted by molar-refractivity contribution is 5.93. The number of benzene rings is 1. The number of ether oxygens (including phenoxy) is 1. The number of hydrogen-bond acceptors (Lipinski definition) is 3. The number of nitrogens with two attached hydrogens (primary N) is 1. The fourth-order valence-corrected chi connectivity index (χ4v) is 1.83. The van der Waals surface area contributed by atoms with Crippen molar-refractivity contribution in [2.24, 2.45) is 0 Å². The van der Waals surface area contributed by atoms with Gasteiger partial charge in [0.05, 0.1) is 17.8 Å². The van der Waals surface area contributed by atoms with Crippen LogP contribution in [0.3, 0.4) is 0 Å². The Morgan fingerprint density at radius 2 is 2.12 bits per heavy atom. The van der Waals surface area contributed by atoms with E-state index < -0.39 is 0 Å². The molecule has 0 saturated carbocycles. The molecule has 0 spiro atoms. The molecular weight excluding hydrogens is 212 g/mol. The summed E-state index contributed by atoms with van der Waals surface area (Å²) in [6, 6.07) is 7.67. The van der Waals surface area contributed by atoms with E-state index in [2.05, 4.69) is 11.9 Å². The predicted molar refractivity (Wildman–Crippen MR) is 71.2 cm³/mol. The average Bonchev–Trinajstić information content (AvgIpc) is 2.37. The second-order valence-corrected chi connectivity index (χ2v) is 4.11. The van der Waals surface area contributed by atoms with Crippen LogP contribution < -0.4 is 10.5 Å². The second kappa shape index (κ2) is 5.53. The highest BCUT2D eigenvalue weighted by Gasteiger charge is 2.05. The van der Waals surface area contributed by atoms with Gasteiger partial charge >= 0.3 is 0 Å². The Hall–Kier alpha value is -1.77. The fraction of sp³-hybridized carbons (Fsp3) is 0.357. The van der Waals surface area contributed by atoms with Gasteiger partial charge in [-0.05, 0) is 30.7 Å². The SMILES string of the molecule is CCCCCOc1ccc(N)c2ncccc12. The number of rotatable bonds is 5. The van der Waals surface area contributed by atoms with Crippen LogP contribution in [0, 0.1) is 0 Å². The van der Waals surface area contributed by atoms with Gasteiger partial charge in [-0.15, -0.1) is 0 Å². The molecule has 90 valence electrons. The van der Waals surface area contributed by atoms with Gasteiger partial charge in [0, 0.05) is 11.6 Å². The van der Waals surface area contributed by atoms with Crippen LogP contribution in [0.15, 0.2) is 30.5 Å². The predicted octanol–water partition coefficient (Wildman–Crippen LogP) is 3.39. The summed E-state index contributed by atoms with van der Waals surface area (Å²) in [7, 11) is 0. The van der Waals surface area contributed by atoms with Crippen LogP contribution in [0.5, 0.6) is 5.75 Å². The van der Waals surface area contributed by atoms with Gasteiger partial charge in [-0.1, -0.05) is 19.8 Å². The Bertz CT molecular complexity index is 497. The minimum absolute atomic E-state index is 0.696. The molecule has 2 N–H and O–H groups in total. The summed E-state index contributed by atoms with van der Waals surface area (Å²) in [5, 5.41) is 0.990. The molecule has 0 aliphatic carbocycles. The lowest BCUT2D eigenvalue weighted by Gasteiger charge is -2.09. The van der Waals surface area contributed by atoms with E-state index in [0.29, 0.717) is 5.69 Å². The molecule has 2 aromatic rings. The van der Waals surface area contributed by atoms with Crippen molar-refractivity contribution in [2.45, 2.75) is 26.2 Å². The van der Waals surface area contributed by atoms with Crippen molar-refractivity contribution in [1.82, 2.24) is 4.98 Å². The van der Waals surface area contributed by atoms with E-state index in [1.54, 1.807) is 6.20 Å². The monoisotopic (exact) mass is 230 g/mol. The maximum absolute atomic E-state index is 5.88. The summed E-state index contributed by atoms with van der Waals surface area (Å²) in [6.07, 6.45) is 5.24. The third-order valence-electron chi connectivity index (χ3n) is 2.77. The third kappa shape index (κ3) is 2.67. The molecule has 2 rings (SSSR count). The highest BCUT2D eigenvalue weighted by atomic mass is 16.5. The van der Waals surface area contributed by atoms with Crippen LogP contribution in [0.1, 0.15) is 26.2 Å². The van der Waals surface area contributed by atoms with Gasteiger partial charge in [-0.2, -0.15) is 0 Å². The van der Waals surface area contributed by atoms with E-state index in [1.165, 1.54) is 12.8 Å². The van der Waals surface area contributed by atoms with Crippen LogP contribution in [-0.4, -0.2) is 11.6 Å². The van der Waals surface area contributed by atoms with E-state index in [-0.39, 0.29) is 0 Å². The lowest BCUT2D eigenvalue weighted by Crippen LogP contribution is -1.99. The zero-order valence-corrected chi connectivity index (χ0v) is 10.1. The topological polar surface area (TPSA) is 48.1 Å². The maximum atomic E-state index is 5.88. The first-order valence-corrected chi connectivity index (χ1v) is 6.09. The van der Waals surface area contributed by atoms with Crippen molar-refractivity contribution in [1.29, 1.82) is 0 Å². The zero-order chi connectivity index (χ0) is 12.1. The number of aromatic nitrogens is 1.